The van der Waals surface area contributed by atoms with Gasteiger partial charge in [-0.3, -0.25) is 0 Å². The number of carbonyl (C=O) groups excluding carboxylic acids is 1. The summed E-state index contributed by atoms with van der Waals surface area (Å²) >= 11 is 0. The van der Waals surface area contributed by atoms with E-state index in [1.54, 1.807) is 0 Å². The van der Waals surface area contributed by atoms with Gasteiger partial charge in [-0.15, -0.1) is 0 Å². The lowest BCUT2D eigenvalue weighted by Crippen LogP contribution is -2.29. The van der Waals surface area contributed by atoms with Crippen LogP contribution >= 0.6 is 0 Å². The van der Waals surface area contributed by atoms with Crippen molar-refractivity contribution < 1.29 is 14.6 Å². The average Bonchev–Trinajstić information content (AvgIpc) is 2.62. The number of methoxy groups -OCH3 is 1. The van der Waals surface area contributed by atoms with Gasteiger partial charge in [0.15, 0.2) is 11.5 Å². The van der Waals surface area contributed by atoms with Crippen molar-refractivity contribution in [1.29, 1.82) is 0 Å². The van der Waals surface area contributed by atoms with Gasteiger partial charge in [0.1, 0.15) is 6.34 Å². The van der Waals surface area contributed by atoms with Crippen LogP contribution in [0.1, 0.15) is 54.7 Å². The quantitative estimate of drug-likeness (QED) is 0.506. The number of fused-ring (bicyclic) bond motifs is 1. The van der Waals surface area contributed by atoms with Gasteiger partial charge in [0.05, 0.1) is 13.7 Å². The zero-order valence-corrected chi connectivity index (χ0v) is 13.9. The van der Waals surface area contributed by atoms with Crippen molar-refractivity contribution >= 4 is 18.1 Å². The number of hydrogen-bond acceptors (Lipinski definition) is 5. The SMILES string of the molecule is COC(=O)C1=C(O)c2ccc(C3CCCCC3)cc2CN1/N=C\N. The third kappa shape index (κ3) is 2.96. The number of ether oxygens (including phenoxy) is 1. The Morgan fingerprint density at radius 1 is 1.38 bits per heavy atom. The Bertz CT molecular complexity index is 691. The lowest BCUT2D eigenvalue weighted by Gasteiger charge is -2.29. The number of benzene rings is 1. The summed E-state index contributed by atoms with van der Waals surface area (Å²) in [4.78, 5) is 12.0. The van der Waals surface area contributed by atoms with Crippen LogP contribution < -0.4 is 5.73 Å². The zero-order chi connectivity index (χ0) is 17.1. The van der Waals surface area contributed by atoms with Crippen molar-refractivity contribution in [3.8, 4) is 0 Å². The second-order valence-corrected chi connectivity index (χ2v) is 6.26. The zero-order valence-electron chi connectivity index (χ0n) is 13.9. The van der Waals surface area contributed by atoms with E-state index >= 15 is 0 Å². The van der Waals surface area contributed by atoms with Crippen molar-refractivity contribution in [2.24, 2.45) is 10.8 Å². The maximum atomic E-state index is 12.0. The maximum absolute atomic E-state index is 12.0. The molecule has 1 saturated carbocycles. The number of hydrogen-bond donors (Lipinski definition) is 2. The van der Waals surface area contributed by atoms with Gasteiger partial charge < -0.3 is 15.6 Å². The summed E-state index contributed by atoms with van der Waals surface area (Å²) in [7, 11) is 1.27. The van der Waals surface area contributed by atoms with Gasteiger partial charge in [0.25, 0.3) is 0 Å². The molecule has 1 aliphatic carbocycles. The first-order valence-electron chi connectivity index (χ1n) is 8.32. The molecule has 0 unspecified atom stereocenters. The molecule has 1 fully saturated rings. The number of hydrazone groups is 1. The van der Waals surface area contributed by atoms with Gasteiger partial charge >= 0.3 is 5.97 Å². The highest BCUT2D eigenvalue weighted by Crippen LogP contribution is 2.37. The van der Waals surface area contributed by atoms with Crippen LogP contribution in [0, 0.1) is 0 Å². The standard InChI is InChI=1S/C18H23N3O3/c1-24-18(23)16-17(22)15-8-7-13(12-5-3-2-4-6-12)9-14(15)10-21(16)20-11-19/h7-9,11-12,22H,2-6,10H2,1H3,(H2,19,20). The third-order valence-corrected chi connectivity index (χ3v) is 4.85. The van der Waals surface area contributed by atoms with Crippen molar-refractivity contribution in [2.75, 3.05) is 7.11 Å². The van der Waals surface area contributed by atoms with Crippen LogP contribution in [0.2, 0.25) is 0 Å². The Labute approximate surface area is 141 Å². The maximum Gasteiger partial charge on any atom is 0.360 e. The fourth-order valence-electron chi connectivity index (χ4n) is 3.63. The second kappa shape index (κ2) is 6.95. The van der Waals surface area contributed by atoms with Crippen LogP contribution in [0.25, 0.3) is 5.76 Å². The van der Waals surface area contributed by atoms with Crippen molar-refractivity contribution in [3.05, 3.63) is 40.6 Å². The molecular formula is C18H23N3O3. The number of aliphatic hydroxyl groups is 1. The Morgan fingerprint density at radius 3 is 2.79 bits per heavy atom. The number of carbonyl (C=O) groups is 1. The summed E-state index contributed by atoms with van der Waals surface area (Å²) in [5, 5.41) is 15.9. The summed E-state index contributed by atoms with van der Waals surface area (Å²) < 4.78 is 4.76. The van der Waals surface area contributed by atoms with Gasteiger partial charge in [-0.05, 0) is 29.9 Å². The van der Waals surface area contributed by atoms with Gasteiger partial charge in [-0.1, -0.05) is 37.5 Å². The molecule has 0 atom stereocenters. The predicted octanol–water partition coefficient (Wildman–Crippen LogP) is 2.85. The summed E-state index contributed by atoms with van der Waals surface area (Å²) in [6, 6.07) is 6.07. The summed E-state index contributed by atoms with van der Waals surface area (Å²) in [6.07, 6.45) is 7.36. The molecule has 1 heterocycles. The lowest BCUT2D eigenvalue weighted by molar-refractivity contribution is -0.138. The van der Waals surface area contributed by atoms with Crippen molar-refractivity contribution in [3.63, 3.8) is 0 Å². The topological polar surface area (TPSA) is 88.2 Å². The summed E-state index contributed by atoms with van der Waals surface area (Å²) in [5.74, 6) is -0.187. The predicted molar refractivity (Wildman–Crippen MR) is 92.1 cm³/mol. The van der Waals surface area contributed by atoms with E-state index in [9.17, 15) is 9.90 Å². The third-order valence-electron chi connectivity index (χ3n) is 4.85. The molecule has 0 spiro atoms. The van der Waals surface area contributed by atoms with Crippen LogP contribution in [0.3, 0.4) is 0 Å². The van der Waals surface area contributed by atoms with E-state index in [-0.39, 0.29) is 11.5 Å². The molecule has 6 heteroatoms. The van der Waals surface area contributed by atoms with E-state index in [0.717, 1.165) is 11.9 Å². The molecule has 1 aromatic rings. The Morgan fingerprint density at radius 2 is 2.12 bits per heavy atom. The van der Waals surface area contributed by atoms with E-state index in [0.29, 0.717) is 18.0 Å². The van der Waals surface area contributed by atoms with Gasteiger partial charge in [-0.25, -0.2) is 9.80 Å². The fourth-order valence-corrected chi connectivity index (χ4v) is 3.63. The molecule has 0 amide bonds. The Balaban J connectivity index is 2.00. The van der Waals surface area contributed by atoms with Crippen LogP contribution in [-0.4, -0.2) is 29.5 Å². The number of nitrogens with zero attached hydrogens (tertiary/aromatic N) is 2. The summed E-state index contributed by atoms with van der Waals surface area (Å²) in [6.45, 7) is 0.373. The van der Waals surface area contributed by atoms with Crippen molar-refractivity contribution in [2.45, 2.75) is 44.6 Å². The largest absolute Gasteiger partial charge is 0.505 e. The molecule has 0 radical (unpaired) electrons. The first-order valence-corrected chi connectivity index (χ1v) is 8.32. The molecule has 128 valence electrons. The Kier molecular flexibility index (Phi) is 4.74. The first-order chi connectivity index (χ1) is 11.7. The number of aliphatic hydroxyl groups excluding tert-OH is 1. The molecule has 3 rings (SSSR count). The highest BCUT2D eigenvalue weighted by molar-refractivity contribution is 5.96. The van der Waals surface area contributed by atoms with Crippen molar-refractivity contribution in [1.82, 2.24) is 5.01 Å². The van der Waals surface area contributed by atoms with Gasteiger partial charge in [0.2, 0.25) is 0 Å². The molecular weight excluding hydrogens is 306 g/mol. The molecule has 3 N–H and O–H groups in total. The van der Waals surface area contributed by atoms with Gasteiger partial charge in [0, 0.05) is 5.56 Å². The molecule has 0 aromatic heterocycles. The smallest absolute Gasteiger partial charge is 0.360 e. The first kappa shape index (κ1) is 16.4. The molecule has 0 saturated heterocycles. The van der Waals surface area contributed by atoms with E-state index in [4.69, 9.17) is 10.5 Å². The monoisotopic (exact) mass is 329 g/mol. The van der Waals surface area contributed by atoms with Crippen LogP contribution in [0.15, 0.2) is 29.0 Å². The van der Waals surface area contributed by atoms with Crippen LogP contribution in [0.5, 0.6) is 0 Å². The number of rotatable bonds is 3. The molecule has 6 nitrogen and oxygen atoms in total. The minimum Gasteiger partial charge on any atom is -0.505 e. The number of nitrogens with two attached hydrogens (primary N) is 1. The van der Waals surface area contributed by atoms with E-state index in [1.165, 1.54) is 49.8 Å². The minimum atomic E-state index is -0.639. The molecule has 24 heavy (non-hydrogen) atoms. The second-order valence-electron chi connectivity index (χ2n) is 6.26. The van der Waals surface area contributed by atoms with Gasteiger partial charge in [-0.2, -0.15) is 5.10 Å². The average molecular weight is 329 g/mol. The highest BCUT2D eigenvalue weighted by atomic mass is 16.5. The van der Waals surface area contributed by atoms with Crippen LogP contribution in [0.4, 0.5) is 0 Å². The summed E-state index contributed by atoms with van der Waals surface area (Å²) in [5.41, 5.74) is 8.28. The minimum absolute atomic E-state index is 0.0112. The lowest BCUT2D eigenvalue weighted by atomic mass is 9.82. The van der Waals surface area contributed by atoms with E-state index < -0.39 is 5.97 Å². The van der Waals surface area contributed by atoms with Crippen LogP contribution in [-0.2, 0) is 16.1 Å². The molecule has 1 aromatic carbocycles. The highest BCUT2D eigenvalue weighted by Gasteiger charge is 2.31. The van der Waals surface area contributed by atoms with E-state index in [1.807, 2.05) is 6.07 Å². The normalized spacial score (nSPS) is 18.8. The van der Waals surface area contributed by atoms with E-state index in [2.05, 4.69) is 17.2 Å². The molecule has 1 aliphatic heterocycles. The number of esters is 1. The Hall–Kier alpha value is -2.50. The molecule has 0 bridgehead atoms. The fraction of sp³-hybridized carbons (Fsp3) is 0.444. The molecule has 2 aliphatic rings.